The van der Waals surface area contributed by atoms with E-state index in [0.717, 1.165) is 24.6 Å². The van der Waals surface area contributed by atoms with Crippen LogP contribution < -0.4 is 10.6 Å². The van der Waals surface area contributed by atoms with Crippen LogP contribution in [0.1, 0.15) is 50.6 Å². The molecule has 1 aromatic carbocycles. The van der Waals surface area contributed by atoms with E-state index in [2.05, 4.69) is 72.7 Å². The highest BCUT2D eigenvalue weighted by molar-refractivity contribution is 14.0. The summed E-state index contributed by atoms with van der Waals surface area (Å²) in [5, 5.41) is 11.0. The molecule has 0 spiro atoms. The minimum atomic E-state index is 0. The molecular weight excluding hydrogens is 437 g/mol. The van der Waals surface area contributed by atoms with Crippen molar-refractivity contribution >= 4 is 29.9 Å². The van der Waals surface area contributed by atoms with E-state index in [1.807, 2.05) is 17.8 Å². The second kappa shape index (κ2) is 11.2. The third kappa shape index (κ3) is 6.97. The van der Waals surface area contributed by atoms with E-state index in [0.29, 0.717) is 12.5 Å². The molecule has 26 heavy (non-hydrogen) atoms. The molecule has 6 heteroatoms. The van der Waals surface area contributed by atoms with E-state index in [1.165, 1.54) is 11.1 Å². The van der Waals surface area contributed by atoms with Crippen molar-refractivity contribution in [2.45, 2.75) is 46.7 Å². The molecule has 0 saturated carbocycles. The Morgan fingerprint density at radius 3 is 2.38 bits per heavy atom. The Morgan fingerprint density at radius 2 is 1.85 bits per heavy atom. The Bertz CT molecular complexity index is 676. The van der Waals surface area contributed by atoms with E-state index in [9.17, 15) is 0 Å². The minimum Gasteiger partial charge on any atom is -0.357 e. The number of halogens is 1. The van der Waals surface area contributed by atoms with Crippen LogP contribution in [-0.4, -0.2) is 22.3 Å². The van der Waals surface area contributed by atoms with Gasteiger partial charge in [-0.1, -0.05) is 38.1 Å². The first-order chi connectivity index (χ1) is 12.0. The summed E-state index contributed by atoms with van der Waals surface area (Å²) >= 11 is 0. The molecule has 144 valence electrons. The summed E-state index contributed by atoms with van der Waals surface area (Å²) in [5.41, 5.74) is 3.74. The molecule has 5 nitrogen and oxygen atoms in total. The van der Waals surface area contributed by atoms with Crippen molar-refractivity contribution in [2.75, 3.05) is 6.54 Å². The predicted molar refractivity (Wildman–Crippen MR) is 120 cm³/mol. The molecule has 0 saturated heterocycles. The lowest BCUT2D eigenvalue weighted by molar-refractivity contribution is 0.645. The van der Waals surface area contributed by atoms with Gasteiger partial charge in [0.05, 0.1) is 18.3 Å². The Morgan fingerprint density at radius 1 is 1.15 bits per heavy atom. The van der Waals surface area contributed by atoms with E-state index in [1.54, 1.807) is 6.20 Å². The van der Waals surface area contributed by atoms with Crippen LogP contribution in [0.4, 0.5) is 0 Å². The number of aromatic nitrogens is 2. The van der Waals surface area contributed by atoms with Gasteiger partial charge in [0.1, 0.15) is 0 Å². The Balaban J connectivity index is 0.00000338. The highest BCUT2D eigenvalue weighted by atomic mass is 127. The fourth-order valence-corrected chi connectivity index (χ4v) is 2.74. The standard InChI is InChI=1S/C20H31N5.HI/c1-6-21-20(22-14-19-11-12-23-25(19)5)24-16(4)18-9-7-17(8-10-18)13-15(2)3;/h7-12,15-16H,6,13-14H2,1-5H3,(H2,21,22,24);1H. The van der Waals surface area contributed by atoms with Crippen molar-refractivity contribution < 1.29 is 0 Å². The van der Waals surface area contributed by atoms with Gasteiger partial charge in [0, 0.05) is 19.8 Å². The maximum atomic E-state index is 4.67. The average molecular weight is 469 g/mol. The van der Waals surface area contributed by atoms with Crippen LogP contribution in [0.5, 0.6) is 0 Å². The fourth-order valence-electron chi connectivity index (χ4n) is 2.74. The van der Waals surface area contributed by atoms with Crippen LogP contribution in [0.15, 0.2) is 41.5 Å². The third-order valence-electron chi connectivity index (χ3n) is 4.14. The number of nitrogens with zero attached hydrogens (tertiary/aromatic N) is 3. The second-order valence-corrected chi connectivity index (χ2v) is 6.85. The van der Waals surface area contributed by atoms with E-state index >= 15 is 0 Å². The number of guanidine groups is 1. The minimum absolute atomic E-state index is 0. The lowest BCUT2D eigenvalue weighted by Gasteiger charge is -2.18. The molecule has 2 rings (SSSR count). The van der Waals surface area contributed by atoms with Gasteiger partial charge in [-0.15, -0.1) is 24.0 Å². The van der Waals surface area contributed by atoms with Crippen molar-refractivity contribution in [2.24, 2.45) is 18.0 Å². The van der Waals surface area contributed by atoms with E-state index in [-0.39, 0.29) is 30.0 Å². The highest BCUT2D eigenvalue weighted by Gasteiger charge is 2.08. The molecule has 0 aliphatic heterocycles. The van der Waals surface area contributed by atoms with Crippen LogP contribution in [0.3, 0.4) is 0 Å². The molecule has 0 fully saturated rings. The number of hydrogen-bond donors (Lipinski definition) is 2. The topological polar surface area (TPSA) is 54.2 Å². The van der Waals surface area contributed by atoms with Crippen molar-refractivity contribution in [3.05, 3.63) is 53.3 Å². The summed E-state index contributed by atoms with van der Waals surface area (Å²) in [6.07, 6.45) is 2.92. The third-order valence-corrected chi connectivity index (χ3v) is 4.14. The van der Waals surface area contributed by atoms with Gasteiger partial charge in [-0.3, -0.25) is 4.68 Å². The van der Waals surface area contributed by atoms with Crippen LogP contribution in [0.25, 0.3) is 0 Å². The zero-order valence-electron chi connectivity index (χ0n) is 16.5. The molecule has 1 aromatic heterocycles. The first-order valence-corrected chi connectivity index (χ1v) is 9.10. The van der Waals surface area contributed by atoms with E-state index < -0.39 is 0 Å². The average Bonchev–Trinajstić information content (AvgIpc) is 2.98. The predicted octanol–water partition coefficient (Wildman–Crippen LogP) is 4.05. The lowest BCUT2D eigenvalue weighted by Crippen LogP contribution is -2.38. The first kappa shape index (κ1) is 22.5. The summed E-state index contributed by atoms with van der Waals surface area (Å²) in [6.45, 7) is 10.2. The van der Waals surface area contributed by atoms with Gasteiger partial charge in [0.2, 0.25) is 0 Å². The van der Waals surface area contributed by atoms with Crippen molar-refractivity contribution in [3.63, 3.8) is 0 Å². The monoisotopic (exact) mass is 469 g/mol. The zero-order valence-corrected chi connectivity index (χ0v) is 18.8. The molecule has 1 heterocycles. The molecule has 0 amide bonds. The van der Waals surface area contributed by atoms with Gasteiger partial charge in [0.15, 0.2) is 5.96 Å². The van der Waals surface area contributed by atoms with Gasteiger partial charge in [-0.05, 0) is 43.4 Å². The van der Waals surface area contributed by atoms with Crippen LogP contribution in [0.2, 0.25) is 0 Å². The normalized spacial score (nSPS) is 12.6. The largest absolute Gasteiger partial charge is 0.357 e. The maximum Gasteiger partial charge on any atom is 0.192 e. The lowest BCUT2D eigenvalue weighted by atomic mass is 10.00. The van der Waals surface area contributed by atoms with Crippen molar-refractivity contribution in [1.82, 2.24) is 20.4 Å². The van der Waals surface area contributed by atoms with E-state index in [4.69, 9.17) is 0 Å². The summed E-state index contributed by atoms with van der Waals surface area (Å²) < 4.78 is 1.85. The number of hydrogen-bond acceptors (Lipinski definition) is 2. The number of rotatable bonds is 7. The summed E-state index contributed by atoms with van der Waals surface area (Å²) in [6, 6.07) is 11.1. The van der Waals surface area contributed by atoms with Crippen LogP contribution in [-0.2, 0) is 20.0 Å². The molecule has 1 unspecified atom stereocenters. The number of aryl methyl sites for hydroxylation is 1. The van der Waals surface area contributed by atoms with Gasteiger partial charge >= 0.3 is 0 Å². The highest BCUT2D eigenvalue weighted by Crippen LogP contribution is 2.15. The quantitative estimate of drug-likeness (QED) is 0.366. The molecule has 0 aliphatic rings. The Labute approximate surface area is 174 Å². The number of benzene rings is 1. The molecule has 0 radical (unpaired) electrons. The number of nitrogens with one attached hydrogen (secondary N) is 2. The Hall–Kier alpha value is -1.57. The summed E-state index contributed by atoms with van der Waals surface area (Å²) in [4.78, 5) is 4.67. The van der Waals surface area contributed by atoms with Crippen molar-refractivity contribution in [1.29, 1.82) is 0 Å². The maximum absolute atomic E-state index is 4.67. The van der Waals surface area contributed by atoms with Gasteiger partial charge < -0.3 is 10.6 Å². The van der Waals surface area contributed by atoms with Gasteiger partial charge in [0.25, 0.3) is 0 Å². The van der Waals surface area contributed by atoms with Crippen LogP contribution >= 0.6 is 24.0 Å². The zero-order chi connectivity index (χ0) is 18.2. The molecule has 2 aromatic rings. The molecule has 0 aliphatic carbocycles. The van der Waals surface area contributed by atoms with Crippen molar-refractivity contribution in [3.8, 4) is 0 Å². The first-order valence-electron chi connectivity index (χ1n) is 9.10. The molecule has 0 bridgehead atoms. The van der Waals surface area contributed by atoms with Gasteiger partial charge in [-0.2, -0.15) is 5.10 Å². The fraction of sp³-hybridized carbons (Fsp3) is 0.500. The van der Waals surface area contributed by atoms with Crippen LogP contribution in [0, 0.1) is 5.92 Å². The number of aliphatic imine (C=N–C) groups is 1. The molecule has 2 N–H and O–H groups in total. The summed E-state index contributed by atoms with van der Waals surface area (Å²) in [7, 11) is 1.94. The summed E-state index contributed by atoms with van der Waals surface area (Å²) in [5.74, 6) is 1.50. The molecule has 1 atom stereocenters. The smallest absolute Gasteiger partial charge is 0.192 e. The molecular formula is C20H32IN5. The van der Waals surface area contributed by atoms with Gasteiger partial charge in [-0.25, -0.2) is 4.99 Å². The SMILES string of the molecule is CCNC(=NCc1ccnn1C)NC(C)c1ccc(CC(C)C)cc1.I. The second-order valence-electron chi connectivity index (χ2n) is 6.85. The Kier molecular flexibility index (Phi) is 9.69.